The molecule has 72 valence electrons. The highest BCUT2D eigenvalue weighted by Gasteiger charge is 2.10. The van der Waals surface area contributed by atoms with Crippen molar-refractivity contribution < 1.29 is 0 Å². The van der Waals surface area contributed by atoms with Crippen molar-refractivity contribution in [3.63, 3.8) is 0 Å². The van der Waals surface area contributed by atoms with E-state index in [1.54, 1.807) is 12.4 Å². The molecule has 2 nitrogen and oxygen atoms in total. The van der Waals surface area contributed by atoms with Gasteiger partial charge in [0.25, 0.3) is 0 Å². The van der Waals surface area contributed by atoms with Crippen LogP contribution in [0.3, 0.4) is 0 Å². The molecule has 1 unspecified atom stereocenters. The molecule has 0 amide bonds. The lowest BCUT2D eigenvalue weighted by Crippen LogP contribution is -2.03. The topological polar surface area (TPSA) is 25.8 Å². The first-order valence-electron chi connectivity index (χ1n) is 5.09. The summed E-state index contributed by atoms with van der Waals surface area (Å²) in [7, 11) is 0. The van der Waals surface area contributed by atoms with E-state index in [-0.39, 0.29) is 0 Å². The van der Waals surface area contributed by atoms with Gasteiger partial charge in [0.15, 0.2) is 0 Å². The minimum atomic E-state index is 0.550. The molecule has 1 aromatic heterocycles. The van der Waals surface area contributed by atoms with Crippen molar-refractivity contribution in [1.29, 1.82) is 0 Å². The fourth-order valence-electron chi connectivity index (χ4n) is 1.63. The van der Waals surface area contributed by atoms with Gasteiger partial charge in [0, 0.05) is 18.3 Å². The van der Waals surface area contributed by atoms with Gasteiger partial charge in [-0.05, 0) is 12.8 Å². The maximum absolute atomic E-state index is 4.41. The maximum atomic E-state index is 4.41. The summed E-state index contributed by atoms with van der Waals surface area (Å²) >= 11 is 0. The summed E-state index contributed by atoms with van der Waals surface area (Å²) in [5.74, 6) is 0.550. The van der Waals surface area contributed by atoms with E-state index in [2.05, 4.69) is 30.7 Å². The lowest BCUT2D eigenvalue weighted by Gasteiger charge is -2.11. The average molecular weight is 178 g/mol. The van der Waals surface area contributed by atoms with Gasteiger partial charge in [-0.1, -0.05) is 27.2 Å². The summed E-state index contributed by atoms with van der Waals surface area (Å²) in [6.07, 6.45) is 6.96. The molecule has 0 aliphatic heterocycles. The van der Waals surface area contributed by atoms with Crippen LogP contribution in [0.2, 0.25) is 0 Å². The van der Waals surface area contributed by atoms with Crippen molar-refractivity contribution in [2.75, 3.05) is 0 Å². The predicted octanol–water partition coefficient (Wildman–Crippen LogP) is 2.94. The van der Waals surface area contributed by atoms with Gasteiger partial charge in [-0.25, -0.2) is 0 Å². The average Bonchev–Trinajstić information content (AvgIpc) is 2.18. The zero-order valence-electron chi connectivity index (χ0n) is 8.75. The molecule has 1 heterocycles. The summed E-state index contributed by atoms with van der Waals surface area (Å²) in [6, 6.07) is 0. The van der Waals surface area contributed by atoms with E-state index in [0.717, 1.165) is 12.1 Å². The highest BCUT2D eigenvalue weighted by Crippen LogP contribution is 2.20. The summed E-state index contributed by atoms with van der Waals surface area (Å²) in [4.78, 5) is 8.74. The van der Waals surface area contributed by atoms with E-state index in [0.29, 0.717) is 5.92 Å². The molecule has 0 saturated carbocycles. The smallest absolute Gasteiger partial charge is 0.0646 e. The van der Waals surface area contributed by atoms with Gasteiger partial charge in [0.2, 0.25) is 0 Å². The van der Waals surface area contributed by atoms with Crippen LogP contribution in [0.25, 0.3) is 0 Å². The van der Waals surface area contributed by atoms with E-state index in [4.69, 9.17) is 0 Å². The van der Waals surface area contributed by atoms with E-state index >= 15 is 0 Å². The Hall–Kier alpha value is -0.920. The SMILES string of the molecule is CCCC(C)c1nccnc1CC. The number of hydrogen-bond acceptors (Lipinski definition) is 2. The van der Waals surface area contributed by atoms with Crippen molar-refractivity contribution in [2.45, 2.75) is 46.0 Å². The summed E-state index contributed by atoms with van der Waals surface area (Å²) < 4.78 is 0. The first-order valence-corrected chi connectivity index (χ1v) is 5.09. The molecule has 0 spiro atoms. The van der Waals surface area contributed by atoms with E-state index in [1.165, 1.54) is 18.5 Å². The summed E-state index contributed by atoms with van der Waals surface area (Å²) in [5, 5.41) is 0. The molecule has 2 heteroatoms. The van der Waals surface area contributed by atoms with E-state index in [1.807, 2.05) is 0 Å². The molecule has 0 aromatic carbocycles. The van der Waals surface area contributed by atoms with Gasteiger partial charge in [-0.2, -0.15) is 0 Å². The molecule has 0 bridgehead atoms. The molecule has 0 aliphatic carbocycles. The maximum Gasteiger partial charge on any atom is 0.0646 e. The Labute approximate surface area is 80.4 Å². The molecule has 0 radical (unpaired) electrons. The van der Waals surface area contributed by atoms with E-state index < -0.39 is 0 Å². The Morgan fingerprint density at radius 1 is 1.23 bits per heavy atom. The Kier molecular flexibility index (Phi) is 3.87. The predicted molar refractivity (Wildman–Crippen MR) is 54.7 cm³/mol. The Bertz CT molecular complexity index is 258. The molecule has 0 saturated heterocycles. The Balaban J connectivity index is 2.85. The molecular weight excluding hydrogens is 160 g/mol. The minimum absolute atomic E-state index is 0.550. The van der Waals surface area contributed by atoms with Crippen molar-refractivity contribution in [3.8, 4) is 0 Å². The first kappa shape index (κ1) is 10.2. The number of aryl methyl sites for hydroxylation is 1. The molecule has 0 fully saturated rings. The fourth-order valence-corrected chi connectivity index (χ4v) is 1.63. The normalized spacial score (nSPS) is 12.8. The van der Waals surface area contributed by atoms with Crippen LogP contribution in [0, 0.1) is 0 Å². The third-order valence-corrected chi connectivity index (χ3v) is 2.33. The third kappa shape index (κ3) is 2.51. The van der Waals surface area contributed by atoms with Crippen LogP contribution in [0.4, 0.5) is 0 Å². The molecular formula is C11H18N2. The second-order valence-electron chi connectivity index (χ2n) is 3.43. The standard InChI is InChI=1S/C11H18N2/c1-4-6-9(3)11-10(5-2)12-7-8-13-11/h7-9H,4-6H2,1-3H3. The van der Waals surface area contributed by atoms with Gasteiger partial charge in [0.05, 0.1) is 11.4 Å². The van der Waals surface area contributed by atoms with Crippen LogP contribution in [0.1, 0.15) is 50.9 Å². The van der Waals surface area contributed by atoms with Crippen LogP contribution in [-0.4, -0.2) is 9.97 Å². The number of nitrogens with zero attached hydrogens (tertiary/aromatic N) is 2. The Morgan fingerprint density at radius 2 is 1.92 bits per heavy atom. The number of hydrogen-bond donors (Lipinski definition) is 0. The van der Waals surface area contributed by atoms with Gasteiger partial charge in [-0.15, -0.1) is 0 Å². The highest BCUT2D eigenvalue weighted by atomic mass is 14.8. The van der Waals surface area contributed by atoms with E-state index in [9.17, 15) is 0 Å². The Morgan fingerprint density at radius 3 is 2.54 bits per heavy atom. The van der Waals surface area contributed by atoms with Crippen LogP contribution in [0.5, 0.6) is 0 Å². The monoisotopic (exact) mass is 178 g/mol. The lowest BCUT2D eigenvalue weighted by atomic mass is 9.99. The second kappa shape index (κ2) is 4.95. The minimum Gasteiger partial charge on any atom is -0.258 e. The quantitative estimate of drug-likeness (QED) is 0.708. The zero-order valence-corrected chi connectivity index (χ0v) is 8.75. The summed E-state index contributed by atoms with van der Waals surface area (Å²) in [5.41, 5.74) is 2.34. The molecule has 13 heavy (non-hydrogen) atoms. The van der Waals surface area contributed by atoms with Gasteiger partial charge >= 0.3 is 0 Å². The molecule has 0 aliphatic rings. The van der Waals surface area contributed by atoms with Gasteiger partial charge < -0.3 is 0 Å². The highest BCUT2D eigenvalue weighted by molar-refractivity contribution is 5.14. The van der Waals surface area contributed by atoms with Crippen LogP contribution < -0.4 is 0 Å². The third-order valence-electron chi connectivity index (χ3n) is 2.33. The van der Waals surface area contributed by atoms with Crippen molar-refractivity contribution in [3.05, 3.63) is 23.8 Å². The van der Waals surface area contributed by atoms with Crippen molar-refractivity contribution >= 4 is 0 Å². The lowest BCUT2D eigenvalue weighted by molar-refractivity contribution is 0.634. The van der Waals surface area contributed by atoms with Gasteiger partial charge in [-0.3, -0.25) is 9.97 Å². The van der Waals surface area contributed by atoms with Crippen LogP contribution in [0.15, 0.2) is 12.4 Å². The summed E-state index contributed by atoms with van der Waals surface area (Å²) in [6.45, 7) is 6.57. The molecule has 1 atom stereocenters. The number of rotatable bonds is 4. The second-order valence-corrected chi connectivity index (χ2v) is 3.43. The van der Waals surface area contributed by atoms with Crippen molar-refractivity contribution in [1.82, 2.24) is 9.97 Å². The molecule has 0 N–H and O–H groups in total. The molecule has 1 rings (SSSR count). The number of aromatic nitrogens is 2. The van der Waals surface area contributed by atoms with Crippen LogP contribution in [-0.2, 0) is 6.42 Å². The van der Waals surface area contributed by atoms with Gasteiger partial charge in [0.1, 0.15) is 0 Å². The zero-order chi connectivity index (χ0) is 9.68. The van der Waals surface area contributed by atoms with Crippen molar-refractivity contribution in [2.24, 2.45) is 0 Å². The first-order chi connectivity index (χ1) is 6.29. The fraction of sp³-hybridized carbons (Fsp3) is 0.636. The van der Waals surface area contributed by atoms with Crippen LogP contribution >= 0.6 is 0 Å². The largest absolute Gasteiger partial charge is 0.258 e. The molecule has 1 aromatic rings.